The van der Waals surface area contributed by atoms with E-state index in [0.717, 1.165) is 31.1 Å². The molecule has 2 aliphatic rings. The molecular formula is C14H21N3O. The maximum atomic E-state index is 6.14. The van der Waals surface area contributed by atoms with E-state index in [4.69, 9.17) is 4.74 Å². The van der Waals surface area contributed by atoms with Crippen LogP contribution < -0.4 is 10.1 Å². The van der Waals surface area contributed by atoms with E-state index in [2.05, 4.69) is 15.3 Å². The van der Waals surface area contributed by atoms with Crippen LogP contribution in [0.4, 0.5) is 0 Å². The van der Waals surface area contributed by atoms with E-state index in [1.807, 2.05) is 0 Å². The molecule has 0 saturated heterocycles. The number of fused-ring (bicyclic) bond motifs is 1. The van der Waals surface area contributed by atoms with Gasteiger partial charge < -0.3 is 10.1 Å². The van der Waals surface area contributed by atoms with Crippen molar-refractivity contribution in [1.29, 1.82) is 0 Å². The van der Waals surface area contributed by atoms with Crippen molar-refractivity contribution in [3.05, 3.63) is 17.6 Å². The normalized spacial score (nSPS) is 21.1. The van der Waals surface area contributed by atoms with Crippen LogP contribution in [0.3, 0.4) is 0 Å². The lowest BCUT2D eigenvalue weighted by molar-refractivity contribution is 0.173. The van der Waals surface area contributed by atoms with Crippen LogP contribution >= 0.6 is 0 Å². The number of ether oxygens (including phenoxy) is 1. The predicted octanol–water partition coefficient (Wildman–Crippen LogP) is 2.22. The zero-order chi connectivity index (χ0) is 12.2. The average molecular weight is 247 g/mol. The van der Waals surface area contributed by atoms with Gasteiger partial charge in [-0.2, -0.15) is 0 Å². The Morgan fingerprint density at radius 3 is 2.78 bits per heavy atom. The van der Waals surface area contributed by atoms with Crippen LogP contribution in [-0.4, -0.2) is 22.6 Å². The van der Waals surface area contributed by atoms with E-state index in [-0.39, 0.29) is 0 Å². The van der Waals surface area contributed by atoms with E-state index in [9.17, 15) is 0 Å². The Labute approximate surface area is 108 Å². The van der Waals surface area contributed by atoms with Gasteiger partial charge >= 0.3 is 0 Å². The van der Waals surface area contributed by atoms with Crippen LogP contribution in [-0.2, 0) is 13.0 Å². The van der Waals surface area contributed by atoms with Crippen LogP contribution in [0.15, 0.2) is 6.33 Å². The van der Waals surface area contributed by atoms with Crippen LogP contribution in [0.5, 0.6) is 5.88 Å². The summed E-state index contributed by atoms with van der Waals surface area (Å²) < 4.78 is 6.14. The van der Waals surface area contributed by atoms with Gasteiger partial charge in [-0.25, -0.2) is 9.97 Å². The van der Waals surface area contributed by atoms with E-state index >= 15 is 0 Å². The fourth-order valence-corrected chi connectivity index (χ4v) is 2.86. The first-order valence-corrected chi connectivity index (χ1v) is 7.13. The van der Waals surface area contributed by atoms with Crippen molar-refractivity contribution < 1.29 is 4.74 Å². The van der Waals surface area contributed by atoms with Crippen molar-refractivity contribution in [2.45, 2.75) is 57.6 Å². The molecule has 1 aliphatic carbocycles. The third-order valence-electron chi connectivity index (χ3n) is 3.92. The largest absolute Gasteiger partial charge is 0.474 e. The quantitative estimate of drug-likeness (QED) is 0.814. The summed E-state index contributed by atoms with van der Waals surface area (Å²) in [5.41, 5.74) is 2.33. The van der Waals surface area contributed by atoms with Gasteiger partial charge in [-0.3, -0.25) is 0 Å². The number of aromatic nitrogens is 2. The number of nitrogens with one attached hydrogen (secondary N) is 1. The molecule has 4 heteroatoms. The fraction of sp³-hybridized carbons (Fsp3) is 0.714. The molecule has 4 nitrogen and oxygen atoms in total. The molecular weight excluding hydrogens is 226 g/mol. The zero-order valence-electron chi connectivity index (χ0n) is 10.8. The molecule has 1 aromatic rings. The van der Waals surface area contributed by atoms with E-state index < -0.39 is 0 Å². The van der Waals surface area contributed by atoms with Crippen molar-refractivity contribution in [3.8, 4) is 5.88 Å². The van der Waals surface area contributed by atoms with Gasteiger partial charge in [0.05, 0.1) is 5.69 Å². The van der Waals surface area contributed by atoms with E-state index in [1.165, 1.54) is 44.1 Å². The number of hydrogen-bond donors (Lipinski definition) is 1. The standard InChI is InChI=1S/C14H21N3O/c1-2-4-6-11(5-3-1)18-14-12-9-15-8-7-13(12)16-10-17-14/h10-11,15H,1-9H2. The second kappa shape index (κ2) is 5.65. The summed E-state index contributed by atoms with van der Waals surface area (Å²) in [7, 11) is 0. The summed E-state index contributed by atoms with van der Waals surface area (Å²) >= 11 is 0. The predicted molar refractivity (Wildman–Crippen MR) is 69.6 cm³/mol. The highest BCUT2D eigenvalue weighted by Crippen LogP contribution is 2.26. The molecule has 2 heterocycles. The smallest absolute Gasteiger partial charge is 0.221 e. The molecule has 1 saturated carbocycles. The summed E-state index contributed by atoms with van der Waals surface area (Å²) in [5.74, 6) is 0.819. The molecule has 0 unspecified atom stereocenters. The molecule has 0 spiro atoms. The molecule has 1 fully saturated rings. The topological polar surface area (TPSA) is 47.0 Å². The molecule has 0 aromatic carbocycles. The van der Waals surface area contributed by atoms with Gasteiger partial charge in [-0.05, 0) is 25.7 Å². The second-order valence-electron chi connectivity index (χ2n) is 5.26. The minimum absolute atomic E-state index is 0.355. The highest BCUT2D eigenvalue weighted by molar-refractivity contribution is 5.31. The molecule has 1 aliphatic heterocycles. The first kappa shape index (κ1) is 11.9. The van der Waals surface area contributed by atoms with Crippen LogP contribution in [0, 0.1) is 0 Å². The van der Waals surface area contributed by atoms with Crippen molar-refractivity contribution in [2.24, 2.45) is 0 Å². The second-order valence-corrected chi connectivity index (χ2v) is 5.26. The monoisotopic (exact) mass is 247 g/mol. The Bertz CT molecular complexity index is 400. The molecule has 1 N–H and O–H groups in total. The zero-order valence-corrected chi connectivity index (χ0v) is 10.8. The van der Waals surface area contributed by atoms with Crippen LogP contribution in [0.2, 0.25) is 0 Å². The molecule has 3 rings (SSSR count). The lowest BCUT2D eigenvalue weighted by Gasteiger charge is -2.22. The fourth-order valence-electron chi connectivity index (χ4n) is 2.86. The molecule has 0 amide bonds. The van der Waals surface area contributed by atoms with Crippen molar-refractivity contribution in [1.82, 2.24) is 15.3 Å². The third-order valence-corrected chi connectivity index (χ3v) is 3.92. The Balaban J connectivity index is 1.75. The SMILES string of the molecule is c1nc2c(c(OC3CCCCCC3)n1)CNCC2. The highest BCUT2D eigenvalue weighted by Gasteiger charge is 2.20. The first-order valence-electron chi connectivity index (χ1n) is 7.13. The highest BCUT2D eigenvalue weighted by atomic mass is 16.5. The van der Waals surface area contributed by atoms with Gasteiger partial charge in [0.15, 0.2) is 0 Å². The lowest BCUT2D eigenvalue weighted by Crippen LogP contribution is -2.27. The maximum absolute atomic E-state index is 6.14. The Morgan fingerprint density at radius 2 is 1.94 bits per heavy atom. The summed E-state index contributed by atoms with van der Waals surface area (Å²) in [4.78, 5) is 8.70. The Kier molecular flexibility index (Phi) is 3.74. The van der Waals surface area contributed by atoms with Crippen molar-refractivity contribution >= 4 is 0 Å². The van der Waals surface area contributed by atoms with Gasteiger partial charge in [0.2, 0.25) is 5.88 Å². The third kappa shape index (κ3) is 2.64. The van der Waals surface area contributed by atoms with Gasteiger partial charge in [0.25, 0.3) is 0 Å². The summed E-state index contributed by atoms with van der Waals surface area (Å²) in [6.07, 6.45) is 10.6. The van der Waals surface area contributed by atoms with Gasteiger partial charge in [0.1, 0.15) is 12.4 Å². The minimum Gasteiger partial charge on any atom is -0.474 e. The molecule has 0 bridgehead atoms. The summed E-state index contributed by atoms with van der Waals surface area (Å²) in [6.45, 7) is 1.85. The Hall–Kier alpha value is -1.16. The number of nitrogens with zero attached hydrogens (tertiary/aromatic N) is 2. The van der Waals surface area contributed by atoms with Gasteiger partial charge in [0, 0.05) is 25.1 Å². The van der Waals surface area contributed by atoms with E-state index in [0.29, 0.717) is 6.10 Å². The summed E-state index contributed by atoms with van der Waals surface area (Å²) in [6, 6.07) is 0. The summed E-state index contributed by atoms with van der Waals surface area (Å²) in [5, 5.41) is 3.37. The molecule has 1 aromatic heterocycles. The van der Waals surface area contributed by atoms with Crippen molar-refractivity contribution in [2.75, 3.05) is 6.54 Å². The molecule has 18 heavy (non-hydrogen) atoms. The lowest BCUT2D eigenvalue weighted by atomic mass is 10.1. The average Bonchev–Trinajstić information content (AvgIpc) is 2.68. The molecule has 98 valence electrons. The Morgan fingerprint density at radius 1 is 1.11 bits per heavy atom. The van der Waals surface area contributed by atoms with Gasteiger partial charge in [-0.1, -0.05) is 12.8 Å². The van der Waals surface area contributed by atoms with Gasteiger partial charge in [-0.15, -0.1) is 0 Å². The van der Waals surface area contributed by atoms with Crippen LogP contribution in [0.25, 0.3) is 0 Å². The molecule has 0 atom stereocenters. The van der Waals surface area contributed by atoms with Crippen LogP contribution in [0.1, 0.15) is 49.8 Å². The van der Waals surface area contributed by atoms with Crippen molar-refractivity contribution in [3.63, 3.8) is 0 Å². The first-order chi connectivity index (χ1) is 8.93. The number of hydrogen-bond acceptors (Lipinski definition) is 4. The number of rotatable bonds is 2. The molecule has 0 radical (unpaired) electrons. The van der Waals surface area contributed by atoms with E-state index in [1.54, 1.807) is 6.33 Å². The maximum Gasteiger partial charge on any atom is 0.221 e. The minimum atomic E-state index is 0.355.